The molecule has 0 aliphatic heterocycles. The Hall–Kier alpha value is -2.77. The molecule has 0 fully saturated rings. The van der Waals surface area contributed by atoms with Gasteiger partial charge >= 0.3 is 5.97 Å². The molecule has 29 heavy (non-hydrogen) atoms. The highest BCUT2D eigenvalue weighted by molar-refractivity contribution is 5.83. The molecule has 0 aromatic heterocycles. The third-order valence-corrected chi connectivity index (χ3v) is 4.97. The first-order chi connectivity index (χ1) is 13.9. The minimum absolute atomic E-state index is 0.0550. The van der Waals surface area contributed by atoms with Crippen molar-refractivity contribution in [2.75, 3.05) is 26.0 Å². The van der Waals surface area contributed by atoms with Gasteiger partial charge in [-0.3, -0.25) is 4.79 Å². The number of anilines is 1. The van der Waals surface area contributed by atoms with Gasteiger partial charge in [0.05, 0.1) is 12.8 Å². The Morgan fingerprint density at radius 2 is 2.03 bits per heavy atom. The number of aldehydes is 1. The van der Waals surface area contributed by atoms with Crippen molar-refractivity contribution in [3.63, 3.8) is 0 Å². The zero-order valence-corrected chi connectivity index (χ0v) is 17.2. The van der Waals surface area contributed by atoms with Crippen LogP contribution in [0.2, 0.25) is 0 Å². The van der Waals surface area contributed by atoms with Crippen molar-refractivity contribution in [2.45, 2.75) is 32.4 Å². The lowest BCUT2D eigenvalue weighted by atomic mass is 9.93. The predicted molar refractivity (Wildman–Crippen MR) is 112 cm³/mol. The second kappa shape index (κ2) is 10.1. The summed E-state index contributed by atoms with van der Waals surface area (Å²) in [5, 5.41) is 5.79. The normalized spacial score (nSPS) is 12.9. The zero-order valence-electron chi connectivity index (χ0n) is 17.2. The van der Waals surface area contributed by atoms with Gasteiger partial charge in [0.15, 0.2) is 6.04 Å². The van der Waals surface area contributed by atoms with E-state index in [4.69, 9.17) is 10.5 Å². The number of hydrogen-bond donors (Lipinski definition) is 3. The summed E-state index contributed by atoms with van der Waals surface area (Å²) in [5.74, 6) is -0.934. The van der Waals surface area contributed by atoms with Gasteiger partial charge in [-0.1, -0.05) is 25.1 Å². The van der Waals surface area contributed by atoms with Crippen molar-refractivity contribution in [1.82, 2.24) is 5.32 Å². The van der Waals surface area contributed by atoms with Crippen LogP contribution in [-0.2, 0) is 16.1 Å². The van der Waals surface area contributed by atoms with Gasteiger partial charge in [-0.05, 0) is 60.8 Å². The highest BCUT2D eigenvalue weighted by Crippen LogP contribution is 2.28. The average Bonchev–Trinajstić information content (AvgIpc) is 2.72. The highest BCUT2D eigenvalue weighted by Gasteiger charge is 2.24. The second-order valence-corrected chi connectivity index (χ2v) is 7.03. The van der Waals surface area contributed by atoms with Crippen molar-refractivity contribution in [3.8, 4) is 0 Å². The number of hydrogen-bond acceptors (Lipinski definition) is 6. The van der Waals surface area contributed by atoms with Gasteiger partial charge in [0, 0.05) is 12.1 Å². The molecule has 0 saturated heterocycles. The van der Waals surface area contributed by atoms with E-state index in [9.17, 15) is 14.0 Å². The van der Waals surface area contributed by atoms with Crippen LogP contribution in [0, 0.1) is 12.7 Å². The van der Waals surface area contributed by atoms with Gasteiger partial charge < -0.3 is 21.1 Å². The number of halogens is 1. The van der Waals surface area contributed by atoms with Gasteiger partial charge in [0.1, 0.15) is 12.1 Å². The van der Waals surface area contributed by atoms with Gasteiger partial charge in [0.2, 0.25) is 0 Å². The van der Waals surface area contributed by atoms with E-state index >= 15 is 0 Å². The van der Waals surface area contributed by atoms with Crippen molar-refractivity contribution in [2.24, 2.45) is 5.73 Å². The summed E-state index contributed by atoms with van der Waals surface area (Å²) in [6.45, 7) is 4.83. The van der Waals surface area contributed by atoms with E-state index in [0.29, 0.717) is 36.1 Å². The van der Waals surface area contributed by atoms with Crippen molar-refractivity contribution < 1.29 is 18.7 Å². The minimum atomic E-state index is -0.926. The first kappa shape index (κ1) is 22.5. The van der Waals surface area contributed by atoms with Crippen LogP contribution in [-0.4, -0.2) is 33.0 Å². The molecule has 4 N–H and O–H groups in total. The zero-order chi connectivity index (χ0) is 21.6. The van der Waals surface area contributed by atoms with Crippen LogP contribution >= 0.6 is 0 Å². The number of carbonyl (C=O) groups excluding carboxylic acids is 2. The van der Waals surface area contributed by atoms with E-state index in [1.807, 2.05) is 26.0 Å². The predicted octanol–water partition coefficient (Wildman–Crippen LogP) is 3.05. The Morgan fingerprint density at radius 3 is 2.59 bits per heavy atom. The van der Waals surface area contributed by atoms with Gasteiger partial charge in [-0.25, -0.2) is 9.18 Å². The van der Waals surface area contributed by atoms with Gasteiger partial charge in [-0.2, -0.15) is 0 Å². The summed E-state index contributed by atoms with van der Waals surface area (Å²) < 4.78 is 19.6. The molecule has 0 aliphatic carbocycles. The first-order valence-corrected chi connectivity index (χ1v) is 9.43. The maximum absolute atomic E-state index is 14.7. The molecule has 0 heterocycles. The lowest BCUT2D eigenvalue weighted by molar-refractivity contribution is -0.141. The SMILES string of the molecule is CNCc1cc(F)c(NC(C(=O)OC)c2ccc([C@@H](C)CN)c(C)c2)cc1C=O. The second-order valence-electron chi connectivity index (χ2n) is 7.03. The third-order valence-electron chi connectivity index (χ3n) is 4.97. The van der Waals surface area contributed by atoms with Crippen molar-refractivity contribution >= 4 is 17.9 Å². The van der Waals surface area contributed by atoms with Crippen LogP contribution in [0.1, 0.15) is 51.5 Å². The molecule has 2 aromatic rings. The smallest absolute Gasteiger partial charge is 0.332 e. The lowest BCUT2D eigenvalue weighted by Crippen LogP contribution is -2.23. The fourth-order valence-corrected chi connectivity index (χ4v) is 3.31. The number of benzene rings is 2. The molecule has 156 valence electrons. The molecule has 2 aromatic carbocycles. The number of aryl methyl sites for hydroxylation is 1. The van der Waals surface area contributed by atoms with Gasteiger partial charge in [-0.15, -0.1) is 0 Å². The van der Waals surface area contributed by atoms with E-state index in [-0.39, 0.29) is 11.6 Å². The van der Waals surface area contributed by atoms with Crippen molar-refractivity contribution in [1.29, 1.82) is 0 Å². The van der Waals surface area contributed by atoms with Crippen LogP contribution in [0.4, 0.5) is 10.1 Å². The van der Waals surface area contributed by atoms with Crippen LogP contribution in [0.3, 0.4) is 0 Å². The first-order valence-electron chi connectivity index (χ1n) is 9.43. The molecular formula is C22H28FN3O3. The Kier molecular flexibility index (Phi) is 7.87. The minimum Gasteiger partial charge on any atom is -0.467 e. The summed E-state index contributed by atoms with van der Waals surface area (Å²) in [6.07, 6.45) is 0.664. The molecule has 0 aliphatic rings. The molecule has 0 amide bonds. The van der Waals surface area contributed by atoms with Gasteiger partial charge in [0.25, 0.3) is 0 Å². The molecule has 0 bridgehead atoms. The van der Waals surface area contributed by atoms with Crippen LogP contribution in [0.25, 0.3) is 0 Å². The summed E-state index contributed by atoms with van der Waals surface area (Å²) in [6, 6.07) is 7.35. The molecule has 0 spiro atoms. The third kappa shape index (κ3) is 5.19. The summed E-state index contributed by atoms with van der Waals surface area (Å²) >= 11 is 0. The Bertz CT molecular complexity index is 886. The maximum Gasteiger partial charge on any atom is 0.332 e. The Morgan fingerprint density at radius 1 is 1.31 bits per heavy atom. The number of esters is 1. The highest BCUT2D eigenvalue weighted by atomic mass is 19.1. The summed E-state index contributed by atoms with van der Waals surface area (Å²) in [4.78, 5) is 23.8. The Balaban J connectivity index is 2.44. The van der Waals surface area contributed by atoms with E-state index in [0.717, 1.165) is 11.1 Å². The molecule has 2 rings (SSSR count). The fourth-order valence-electron chi connectivity index (χ4n) is 3.31. The molecule has 7 heteroatoms. The lowest BCUT2D eigenvalue weighted by Gasteiger charge is -2.21. The largest absolute Gasteiger partial charge is 0.467 e. The average molecular weight is 401 g/mol. The number of carbonyl (C=O) groups is 2. The van der Waals surface area contributed by atoms with E-state index in [1.165, 1.54) is 19.2 Å². The monoisotopic (exact) mass is 401 g/mol. The van der Waals surface area contributed by atoms with Crippen LogP contribution < -0.4 is 16.4 Å². The van der Waals surface area contributed by atoms with E-state index in [2.05, 4.69) is 10.6 Å². The number of ether oxygens (including phenoxy) is 1. The standard InChI is InChI=1S/C22H28FN3O3/c1-13-7-15(5-6-18(13)14(2)10-24)21(22(28)29-4)26-20-9-17(12-27)16(11-25-3)8-19(20)23/h5-9,12,14,21,25-26H,10-11,24H2,1-4H3/t14-,21?/m0/s1. The molecule has 0 saturated carbocycles. The fraction of sp³-hybridized carbons (Fsp3) is 0.364. The van der Waals surface area contributed by atoms with Crippen molar-refractivity contribution in [3.05, 3.63) is 64.0 Å². The van der Waals surface area contributed by atoms with E-state index < -0.39 is 17.8 Å². The van der Waals surface area contributed by atoms with E-state index in [1.54, 1.807) is 13.1 Å². The molecule has 2 atom stereocenters. The number of nitrogens with two attached hydrogens (primary N) is 1. The molecule has 6 nitrogen and oxygen atoms in total. The Labute approximate surface area is 170 Å². The van der Waals surface area contributed by atoms with Crippen LogP contribution in [0.15, 0.2) is 30.3 Å². The topological polar surface area (TPSA) is 93.4 Å². The summed E-state index contributed by atoms with van der Waals surface area (Å²) in [7, 11) is 2.99. The molecule has 1 unspecified atom stereocenters. The number of rotatable bonds is 9. The molecular weight excluding hydrogens is 373 g/mol. The maximum atomic E-state index is 14.7. The number of methoxy groups -OCH3 is 1. The summed E-state index contributed by atoms with van der Waals surface area (Å²) in [5.41, 5.74) is 9.40. The number of nitrogens with one attached hydrogen (secondary N) is 2. The molecule has 0 radical (unpaired) electrons. The quantitative estimate of drug-likeness (QED) is 0.442. The van der Waals surface area contributed by atoms with Crippen LogP contribution in [0.5, 0.6) is 0 Å².